The number of Topliss-reactive ketones (excluding diaryl/α,β-unsaturated/α-hetero) is 1. The van der Waals surface area contributed by atoms with Gasteiger partial charge in [0, 0.05) is 24.6 Å². The molecule has 2 aliphatic rings. The molecular formula is C21H30ClN3O4. The fourth-order valence-corrected chi connectivity index (χ4v) is 3.80. The topological polar surface area (TPSA) is 102 Å². The summed E-state index contributed by atoms with van der Waals surface area (Å²) in [5, 5.41) is 2.77. The van der Waals surface area contributed by atoms with Gasteiger partial charge in [0.1, 0.15) is 5.75 Å². The molecule has 0 spiro atoms. The largest absolute Gasteiger partial charge is 0.479 e. The first-order valence-electron chi connectivity index (χ1n) is 9.96. The minimum atomic E-state index is -0.544. The molecule has 1 aromatic rings. The number of piperidine rings is 1. The van der Waals surface area contributed by atoms with Crippen LogP contribution in [0.15, 0.2) is 18.2 Å². The number of nitrogens with one attached hydrogen (secondary N) is 1. The van der Waals surface area contributed by atoms with Crippen LogP contribution in [-0.2, 0) is 9.59 Å². The number of carbonyl (C=O) groups is 3. The molecule has 8 heteroatoms. The van der Waals surface area contributed by atoms with Crippen molar-refractivity contribution in [3.63, 3.8) is 0 Å². The average molecular weight is 424 g/mol. The molecule has 2 atom stereocenters. The lowest BCUT2D eigenvalue weighted by molar-refractivity contribution is -0.134. The first-order valence-corrected chi connectivity index (χ1v) is 9.96. The van der Waals surface area contributed by atoms with Gasteiger partial charge in [0.05, 0.1) is 11.7 Å². The summed E-state index contributed by atoms with van der Waals surface area (Å²) in [4.78, 5) is 38.9. The molecule has 3 rings (SSSR count). The minimum absolute atomic E-state index is 0. The lowest BCUT2D eigenvalue weighted by atomic mass is 9.88. The number of anilines is 1. The Morgan fingerprint density at radius 1 is 1.28 bits per heavy atom. The third kappa shape index (κ3) is 5.28. The van der Waals surface area contributed by atoms with E-state index in [4.69, 9.17) is 10.5 Å². The second kappa shape index (κ2) is 9.59. The average Bonchev–Trinajstić information content (AvgIpc) is 2.67. The Bertz CT molecular complexity index is 775. The standard InChI is InChI=1S/C21H29N3O4.ClH/c1-12(2)10-16(22)21(27)24-8-6-14(7-9-24)19(25)15-4-5-18-17(11-15)23-20(26)13(3)28-18;/h4-5,11-14,16H,6-10,22H2,1-3H3,(H,23,26);1H/t13?,16-;/m0./s1. The molecule has 0 saturated carbocycles. The van der Waals surface area contributed by atoms with E-state index in [0.29, 0.717) is 55.3 Å². The van der Waals surface area contributed by atoms with E-state index in [1.807, 2.05) is 13.8 Å². The summed E-state index contributed by atoms with van der Waals surface area (Å²) in [5.74, 6) is 0.596. The van der Waals surface area contributed by atoms with Crippen LogP contribution in [0.2, 0.25) is 0 Å². The highest BCUT2D eigenvalue weighted by Gasteiger charge is 2.31. The molecule has 0 bridgehead atoms. The molecule has 0 aliphatic carbocycles. The Hall–Kier alpha value is -2.12. The third-order valence-corrected chi connectivity index (χ3v) is 5.41. The summed E-state index contributed by atoms with van der Waals surface area (Å²) >= 11 is 0. The van der Waals surface area contributed by atoms with Gasteiger partial charge in [0.25, 0.3) is 5.91 Å². The summed E-state index contributed by atoms with van der Waals surface area (Å²) in [6.07, 6.45) is 1.36. The van der Waals surface area contributed by atoms with E-state index in [1.54, 1.807) is 30.0 Å². The van der Waals surface area contributed by atoms with Crippen LogP contribution < -0.4 is 15.8 Å². The number of ketones is 1. The summed E-state index contributed by atoms with van der Waals surface area (Å²) in [7, 11) is 0. The number of carbonyl (C=O) groups excluding carboxylic acids is 3. The molecule has 7 nitrogen and oxygen atoms in total. The van der Waals surface area contributed by atoms with Gasteiger partial charge in [0.15, 0.2) is 11.9 Å². The fraction of sp³-hybridized carbons (Fsp3) is 0.571. The number of amides is 2. The Morgan fingerprint density at radius 3 is 2.55 bits per heavy atom. The van der Waals surface area contributed by atoms with Crippen LogP contribution in [-0.4, -0.2) is 47.7 Å². The van der Waals surface area contributed by atoms with Gasteiger partial charge in [-0.25, -0.2) is 0 Å². The van der Waals surface area contributed by atoms with Gasteiger partial charge >= 0.3 is 0 Å². The van der Waals surface area contributed by atoms with E-state index < -0.39 is 12.1 Å². The number of fused-ring (bicyclic) bond motifs is 1. The van der Waals surface area contributed by atoms with E-state index in [9.17, 15) is 14.4 Å². The highest BCUT2D eigenvalue weighted by Crippen LogP contribution is 2.32. The summed E-state index contributed by atoms with van der Waals surface area (Å²) < 4.78 is 5.54. The molecule has 2 heterocycles. The molecule has 2 aliphatic heterocycles. The molecule has 160 valence electrons. The van der Waals surface area contributed by atoms with Gasteiger partial charge in [-0.15, -0.1) is 12.4 Å². The van der Waals surface area contributed by atoms with E-state index in [1.165, 1.54) is 0 Å². The number of halogens is 1. The third-order valence-electron chi connectivity index (χ3n) is 5.41. The molecule has 1 fully saturated rings. The van der Waals surface area contributed by atoms with E-state index in [-0.39, 0.29) is 35.9 Å². The molecule has 2 amide bonds. The zero-order valence-electron chi connectivity index (χ0n) is 17.1. The van der Waals surface area contributed by atoms with Gasteiger partial charge in [-0.3, -0.25) is 14.4 Å². The van der Waals surface area contributed by atoms with Crippen molar-refractivity contribution in [2.24, 2.45) is 17.6 Å². The molecular weight excluding hydrogens is 394 g/mol. The van der Waals surface area contributed by atoms with Gasteiger partial charge in [-0.2, -0.15) is 0 Å². The zero-order valence-corrected chi connectivity index (χ0v) is 18.0. The van der Waals surface area contributed by atoms with Crippen LogP contribution in [0.4, 0.5) is 5.69 Å². The number of ether oxygens (including phenoxy) is 1. The van der Waals surface area contributed by atoms with Crippen molar-refractivity contribution in [1.82, 2.24) is 4.90 Å². The maximum atomic E-state index is 12.9. The van der Waals surface area contributed by atoms with Crippen LogP contribution in [0.5, 0.6) is 5.75 Å². The molecule has 1 unspecified atom stereocenters. The van der Waals surface area contributed by atoms with Gasteiger partial charge < -0.3 is 20.7 Å². The van der Waals surface area contributed by atoms with Gasteiger partial charge in [-0.1, -0.05) is 13.8 Å². The number of likely N-dealkylation sites (tertiary alicyclic amines) is 1. The number of benzene rings is 1. The number of nitrogens with two attached hydrogens (primary N) is 1. The highest BCUT2D eigenvalue weighted by atomic mass is 35.5. The number of hydrogen-bond acceptors (Lipinski definition) is 5. The predicted octanol–water partition coefficient (Wildman–Crippen LogP) is 2.62. The summed E-state index contributed by atoms with van der Waals surface area (Å²) in [6.45, 7) is 6.86. The molecule has 3 N–H and O–H groups in total. The first kappa shape index (κ1) is 23.2. The van der Waals surface area contributed by atoms with Crippen molar-refractivity contribution >= 4 is 35.7 Å². The maximum Gasteiger partial charge on any atom is 0.265 e. The molecule has 29 heavy (non-hydrogen) atoms. The highest BCUT2D eigenvalue weighted by molar-refractivity contribution is 6.02. The van der Waals surface area contributed by atoms with Crippen LogP contribution in [0, 0.1) is 11.8 Å². The Balaban J connectivity index is 0.00000300. The van der Waals surface area contributed by atoms with Crippen molar-refractivity contribution in [3.8, 4) is 5.75 Å². The van der Waals surface area contributed by atoms with Crippen molar-refractivity contribution in [3.05, 3.63) is 23.8 Å². The zero-order chi connectivity index (χ0) is 20.4. The lowest BCUT2D eigenvalue weighted by Gasteiger charge is -2.33. The monoisotopic (exact) mass is 423 g/mol. The van der Waals surface area contributed by atoms with Crippen LogP contribution in [0.3, 0.4) is 0 Å². The second-order valence-corrected chi connectivity index (χ2v) is 8.16. The van der Waals surface area contributed by atoms with Crippen molar-refractivity contribution in [1.29, 1.82) is 0 Å². The van der Waals surface area contributed by atoms with Crippen molar-refractivity contribution in [2.45, 2.75) is 52.2 Å². The van der Waals surface area contributed by atoms with Crippen LogP contribution in [0.25, 0.3) is 0 Å². The second-order valence-electron chi connectivity index (χ2n) is 8.16. The molecule has 0 aromatic heterocycles. The lowest BCUT2D eigenvalue weighted by Crippen LogP contribution is -2.48. The fourth-order valence-electron chi connectivity index (χ4n) is 3.80. The molecule has 0 radical (unpaired) electrons. The van der Waals surface area contributed by atoms with Crippen LogP contribution >= 0.6 is 12.4 Å². The number of rotatable bonds is 5. The summed E-state index contributed by atoms with van der Waals surface area (Å²) in [6, 6.07) is 4.67. The maximum absolute atomic E-state index is 12.9. The van der Waals surface area contributed by atoms with Crippen molar-refractivity contribution < 1.29 is 19.1 Å². The van der Waals surface area contributed by atoms with Crippen LogP contribution in [0.1, 0.15) is 50.4 Å². The number of nitrogens with zero attached hydrogens (tertiary/aromatic N) is 1. The normalized spacial score (nSPS) is 20.2. The number of hydrogen-bond donors (Lipinski definition) is 2. The first-order chi connectivity index (χ1) is 13.3. The summed E-state index contributed by atoms with van der Waals surface area (Å²) in [5.41, 5.74) is 7.10. The Labute approximate surface area is 177 Å². The van der Waals surface area contributed by atoms with Crippen molar-refractivity contribution in [2.75, 3.05) is 18.4 Å². The Kier molecular flexibility index (Phi) is 7.66. The quantitative estimate of drug-likeness (QED) is 0.709. The predicted molar refractivity (Wildman–Crippen MR) is 113 cm³/mol. The van der Waals surface area contributed by atoms with Gasteiger partial charge in [0.2, 0.25) is 5.91 Å². The molecule has 1 saturated heterocycles. The van der Waals surface area contributed by atoms with Gasteiger partial charge in [-0.05, 0) is 50.3 Å². The van der Waals surface area contributed by atoms with E-state index >= 15 is 0 Å². The smallest absolute Gasteiger partial charge is 0.265 e. The SMILES string of the molecule is CC(C)C[C@H](N)C(=O)N1CCC(C(=O)c2ccc3c(c2)NC(=O)C(C)O3)CC1.Cl. The van der Waals surface area contributed by atoms with E-state index in [0.717, 1.165) is 0 Å². The molecule has 1 aromatic carbocycles. The Morgan fingerprint density at radius 2 is 1.93 bits per heavy atom. The minimum Gasteiger partial charge on any atom is -0.479 e. The van der Waals surface area contributed by atoms with E-state index in [2.05, 4.69) is 5.32 Å².